The van der Waals surface area contributed by atoms with Crippen LogP contribution in [0.5, 0.6) is 0 Å². The maximum atomic E-state index is 12.8. The first-order chi connectivity index (χ1) is 28.9. The van der Waals surface area contributed by atoms with E-state index in [1.807, 2.05) is 0 Å². The third kappa shape index (κ3) is 29.0. The third-order valence-electron chi connectivity index (χ3n) is 11.4. The number of hydrogen-bond donors (Lipinski definition) is 6. The van der Waals surface area contributed by atoms with Crippen molar-refractivity contribution in [3.05, 3.63) is 12.2 Å². The molecular weight excluding hydrogens is 791 g/mol. The van der Waals surface area contributed by atoms with E-state index in [9.17, 15) is 44.6 Å². The molecule has 0 bridgehead atoms. The van der Waals surface area contributed by atoms with Crippen molar-refractivity contribution in [2.75, 3.05) is 13.2 Å². The fraction of sp³-hybridized carbons (Fsp3) is 0.913. The SMILES string of the molecule is CCCCCCCC/C=C\CCCCCCCC(=O)OC(COC(=O)CCCCCCCCCCCCCCCCCC)COP(=O)(O)OC1C(O)C(O)C(O)C(O)C1O. The van der Waals surface area contributed by atoms with Crippen LogP contribution < -0.4 is 0 Å². The van der Waals surface area contributed by atoms with Crippen LogP contribution in [-0.4, -0.2) is 98.3 Å². The van der Waals surface area contributed by atoms with Crippen molar-refractivity contribution < 1.29 is 63.1 Å². The highest BCUT2D eigenvalue weighted by molar-refractivity contribution is 7.47. The molecule has 1 fully saturated rings. The molecule has 0 aromatic rings. The molecule has 0 radical (unpaired) electrons. The molecule has 6 N–H and O–H groups in total. The second-order valence-corrected chi connectivity index (χ2v) is 18.4. The molecule has 354 valence electrons. The summed E-state index contributed by atoms with van der Waals surface area (Å²) in [5.74, 6) is -1.10. The summed E-state index contributed by atoms with van der Waals surface area (Å²) in [6, 6.07) is 0. The Balaban J connectivity index is 2.44. The Kier molecular flexibility index (Phi) is 34.9. The van der Waals surface area contributed by atoms with Crippen LogP contribution in [0.2, 0.25) is 0 Å². The molecule has 0 aromatic heterocycles. The number of rotatable bonds is 40. The summed E-state index contributed by atoms with van der Waals surface area (Å²) in [6.45, 7) is 3.31. The first kappa shape index (κ1) is 56.6. The van der Waals surface area contributed by atoms with E-state index in [4.69, 9.17) is 18.5 Å². The normalized spacial score (nSPS) is 22.2. The van der Waals surface area contributed by atoms with Gasteiger partial charge < -0.3 is 39.9 Å². The summed E-state index contributed by atoms with van der Waals surface area (Å²) >= 11 is 0. The number of aliphatic hydroxyl groups excluding tert-OH is 5. The Hall–Kier alpha value is -1.41. The third-order valence-corrected chi connectivity index (χ3v) is 12.3. The lowest BCUT2D eigenvalue weighted by molar-refractivity contribution is -0.220. The fourth-order valence-corrected chi connectivity index (χ4v) is 8.43. The van der Waals surface area contributed by atoms with Crippen molar-refractivity contribution >= 4 is 19.8 Å². The van der Waals surface area contributed by atoms with Crippen LogP contribution in [0.15, 0.2) is 12.2 Å². The quantitative estimate of drug-likeness (QED) is 0.0147. The van der Waals surface area contributed by atoms with E-state index in [0.29, 0.717) is 12.8 Å². The van der Waals surface area contributed by atoms with Gasteiger partial charge in [0.15, 0.2) is 6.10 Å². The standard InChI is InChI=1S/C46H87O13P/c1-3-5-7-9-11-13-15-17-19-21-22-24-26-28-30-32-34-39(47)56-36-38(37-57-60(54,55)59-46-44(52)42(50)41(49)43(51)45(46)53)58-40(48)35-33-31-29-27-25-23-20-18-16-14-12-10-8-6-4-2/h18,20,38,41-46,49-53H,3-17,19,21-37H2,1-2H3,(H,54,55)/b20-18-. The first-order valence-corrected chi connectivity index (χ1v) is 25.5. The average molecular weight is 879 g/mol. The van der Waals surface area contributed by atoms with E-state index < -0.39 is 75.7 Å². The molecule has 0 aromatic carbocycles. The van der Waals surface area contributed by atoms with E-state index in [0.717, 1.165) is 57.8 Å². The van der Waals surface area contributed by atoms with E-state index in [1.54, 1.807) is 0 Å². The number of esters is 2. The lowest BCUT2D eigenvalue weighted by Crippen LogP contribution is -2.64. The van der Waals surface area contributed by atoms with Crippen LogP contribution in [0.1, 0.15) is 213 Å². The summed E-state index contributed by atoms with van der Waals surface area (Å²) in [4.78, 5) is 35.7. The summed E-state index contributed by atoms with van der Waals surface area (Å²) in [7, 11) is -5.11. The number of carbonyl (C=O) groups is 2. The number of carbonyl (C=O) groups excluding carboxylic acids is 2. The molecule has 6 unspecified atom stereocenters. The second-order valence-electron chi connectivity index (χ2n) is 17.0. The van der Waals surface area contributed by atoms with Gasteiger partial charge in [0.1, 0.15) is 43.2 Å². The van der Waals surface area contributed by atoms with Gasteiger partial charge in [-0.05, 0) is 38.5 Å². The summed E-state index contributed by atoms with van der Waals surface area (Å²) in [5, 5.41) is 50.1. The molecular formula is C46H87O13P. The predicted octanol–water partition coefficient (Wildman–Crippen LogP) is 9.45. The number of unbranched alkanes of at least 4 members (excludes halogenated alkanes) is 26. The number of ether oxygens (including phenoxy) is 2. The van der Waals surface area contributed by atoms with Crippen molar-refractivity contribution in [3.8, 4) is 0 Å². The first-order valence-electron chi connectivity index (χ1n) is 24.0. The van der Waals surface area contributed by atoms with Gasteiger partial charge in [-0.1, -0.05) is 174 Å². The Bertz CT molecular complexity index is 1110. The number of phosphoric acid groups is 1. The van der Waals surface area contributed by atoms with Crippen LogP contribution in [0, 0.1) is 0 Å². The van der Waals surface area contributed by atoms with Crippen molar-refractivity contribution in [1.29, 1.82) is 0 Å². The minimum absolute atomic E-state index is 0.0909. The number of aliphatic hydroxyl groups is 5. The Labute approximate surface area is 363 Å². The van der Waals surface area contributed by atoms with Gasteiger partial charge in [-0.15, -0.1) is 0 Å². The summed E-state index contributed by atoms with van der Waals surface area (Å²) < 4.78 is 33.5. The molecule has 13 nitrogen and oxygen atoms in total. The highest BCUT2D eigenvalue weighted by atomic mass is 31.2. The number of allylic oxidation sites excluding steroid dienone is 2. The molecule has 60 heavy (non-hydrogen) atoms. The predicted molar refractivity (Wildman–Crippen MR) is 235 cm³/mol. The minimum atomic E-state index is -5.11. The number of hydrogen-bond acceptors (Lipinski definition) is 12. The van der Waals surface area contributed by atoms with Crippen molar-refractivity contribution in [1.82, 2.24) is 0 Å². The minimum Gasteiger partial charge on any atom is -0.462 e. The van der Waals surface area contributed by atoms with E-state index in [-0.39, 0.29) is 12.8 Å². The summed E-state index contributed by atoms with van der Waals surface area (Å²) in [5.41, 5.74) is 0. The highest BCUT2D eigenvalue weighted by Crippen LogP contribution is 2.47. The van der Waals surface area contributed by atoms with E-state index in [2.05, 4.69) is 26.0 Å². The number of phosphoric ester groups is 1. The Morgan fingerprint density at radius 1 is 0.500 bits per heavy atom. The zero-order valence-corrected chi connectivity index (χ0v) is 38.4. The molecule has 0 amide bonds. The maximum absolute atomic E-state index is 12.8. The van der Waals surface area contributed by atoms with Gasteiger partial charge in [-0.25, -0.2) is 4.57 Å². The molecule has 0 saturated heterocycles. The maximum Gasteiger partial charge on any atom is 0.472 e. The van der Waals surface area contributed by atoms with Gasteiger partial charge in [0.05, 0.1) is 6.61 Å². The van der Waals surface area contributed by atoms with Gasteiger partial charge >= 0.3 is 19.8 Å². The average Bonchev–Trinajstić information content (AvgIpc) is 3.23. The lowest BCUT2D eigenvalue weighted by Gasteiger charge is -2.41. The van der Waals surface area contributed by atoms with Gasteiger partial charge in [-0.3, -0.25) is 18.6 Å². The topological polar surface area (TPSA) is 210 Å². The van der Waals surface area contributed by atoms with Crippen molar-refractivity contribution in [2.24, 2.45) is 0 Å². The second kappa shape index (κ2) is 37.0. The largest absolute Gasteiger partial charge is 0.472 e. The molecule has 1 aliphatic rings. The van der Waals surface area contributed by atoms with E-state index in [1.165, 1.54) is 116 Å². The molecule has 0 heterocycles. The van der Waals surface area contributed by atoms with Crippen LogP contribution in [0.25, 0.3) is 0 Å². The molecule has 1 saturated carbocycles. The fourth-order valence-electron chi connectivity index (χ4n) is 7.46. The van der Waals surface area contributed by atoms with Gasteiger partial charge in [0.25, 0.3) is 0 Å². The Morgan fingerprint density at radius 2 is 0.850 bits per heavy atom. The Morgan fingerprint density at radius 3 is 1.27 bits per heavy atom. The lowest BCUT2D eigenvalue weighted by atomic mass is 9.85. The molecule has 1 aliphatic carbocycles. The molecule has 0 aliphatic heterocycles. The van der Waals surface area contributed by atoms with Gasteiger partial charge in [-0.2, -0.15) is 0 Å². The van der Waals surface area contributed by atoms with Gasteiger partial charge in [0.2, 0.25) is 0 Å². The van der Waals surface area contributed by atoms with Crippen molar-refractivity contribution in [3.63, 3.8) is 0 Å². The van der Waals surface area contributed by atoms with Gasteiger partial charge in [0, 0.05) is 12.8 Å². The van der Waals surface area contributed by atoms with Crippen molar-refractivity contribution in [2.45, 2.75) is 256 Å². The van der Waals surface area contributed by atoms with E-state index >= 15 is 0 Å². The van der Waals surface area contributed by atoms with Crippen LogP contribution in [-0.2, 0) is 32.7 Å². The molecule has 0 spiro atoms. The monoisotopic (exact) mass is 879 g/mol. The summed E-state index contributed by atoms with van der Waals surface area (Å²) in [6.07, 6.45) is 25.5. The van der Waals surface area contributed by atoms with Crippen LogP contribution >= 0.6 is 7.82 Å². The molecule has 6 atom stereocenters. The van der Waals surface area contributed by atoms with Crippen LogP contribution in [0.4, 0.5) is 0 Å². The highest BCUT2D eigenvalue weighted by Gasteiger charge is 2.51. The zero-order chi connectivity index (χ0) is 44.3. The smallest absolute Gasteiger partial charge is 0.462 e. The zero-order valence-electron chi connectivity index (χ0n) is 37.5. The molecule has 1 rings (SSSR count). The van der Waals surface area contributed by atoms with Crippen LogP contribution in [0.3, 0.4) is 0 Å². The molecule has 14 heteroatoms.